The Labute approximate surface area is 87.2 Å². The summed E-state index contributed by atoms with van der Waals surface area (Å²) >= 11 is 0. The minimum absolute atomic E-state index is 0.0153. The summed E-state index contributed by atoms with van der Waals surface area (Å²) in [7, 11) is 1.68. The topological polar surface area (TPSA) is 38.3 Å². The molecule has 3 heteroatoms. The van der Waals surface area contributed by atoms with Crippen molar-refractivity contribution in [2.45, 2.75) is 34.1 Å². The zero-order valence-electron chi connectivity index (χ0n) is 10.0. The van der Waals surface area contributed by atoms with Gasteiger partial charge in [-0.25, -0.2) is 0 Å². The van der Waals surface area contributed by atoms with E-state index >= 15 is 0 Å². The molecule has 0 aromatic heterocycles. The second-order valence-electron chi connectivity index (χ2n) is 4.97. The monoisotopic (exact) mass is 201 g/mol. The van der Waals surface area contributed by atoms with E-state index in [1.165, 1.54) is 0 Å². The average molecular weight is 201 g/mol. The highest BCUT2D eigenvalue weighted by Gasteiger charge is 2.18. The Bertz CT molecular complexity index is 176. The first-order chi connectivity index (χ1) is 6.37. The van der Waals surface area contributed by atoms with Crippen molar-refractivity contribution in [2.24, 2.45) is 11.3 Å². The third kappa shape index (κ3) is 6.89. The van der Waals surface area contributed by atoms with Gasteiger partial charge in [0.05, 0.1) is 6.61 Å². The second-order valence-corrected chi connectivity index (χ2v) is 4.97. The zero-order valence-corrected chi connectivity index (χ0v) is 10.0. The standard InChI is InChI=1S/C11H23NO2/c1-9(2)6-10(13)12-7-11(3,4)8-14-5/h9H,6-8H2,1-5H3,(H,12,13). The van der Waals surface area contributed by atoms with Gasteiger partial charge in [-0.1, -0.05) is 27.7 Å². The third-order valence-corrected chi connectivity index (χ3v) is 1.89. The predicted octanol–water partition coefficient (Wildman–Crippen LogP) is 1.82. The lowest BCUT2D eigenvalue weighted by molar-refractivity contribution is -0.122. The van der Waals surface area contributed by atoms with Crippen LogP contribution in [0, 0.1) is 11.3 Å². The smallest absolute Gasteiger partial charge is 0.220 e. The maximum Gasteiger partial charge on any atom is 0.220 e. The Morgan fingerprint density at radius 3 is 2.43 bits per heavy atom. The summed E-state index contributed by atoms with van der Waals surface area (Å²) in [5.74, 6) is 0.546. The fourth-order valence-corrected chi connectivity index (χ4v) is 1.22. The average Bonchev–Trinajstić information content (AvgIpc) is 2.00. The number of nitrogens with one attached hydrogen (secondary N) is 1. The lowest BCUT2D eigenvalue weighted by Gasteiger charge is -2.24. The third-order valence-electron chi connectivity index (χ3n) is 1.89. The molecule has 0 rings (SSSR count). The van der Waals surface area contributed by atoms with E-state index in [4.69, 9.17) is 4.74 Å². The summed E-state index contributed by atoms with van der Waals surface area (Å²) in [6.45, 7) is 9.57. The number of amides is 1. The number of rotatable bonds is 6. The minimum atomic E-state index is 0.0153. The Morgan fingerprint density at radius 2 is 2.00 bits per heavy atom. The highest BCUT2D eigenvalue weighted by molar-refractivity contribution is 5.76. The summed E-state index contributed by atoms with van der Waals surface area (Å²) in [5, 5.41) is 2.92. The molecule has 0 radical (unpaired) electrons. The Hall–Kier alpha value is -0.570. The fourth-order valence-electron chi connectivity index (χ4n) is 1.22. The van der Waals surface area contributed by atoms with Gasteiger partial charge in [0.1, 0.15) is 0 Å². The van der Waals surface area contributed by atoms with Crippen LogP contribution in [0.25, 0.3) is 0 Å². The molecule has 0 bridgehead atoms. The molecule has 0 aromatic carbocycles. The lowest BCUT2D eigenvalue weighted by atomic mass is 9.94. The number of carbonyl (C=O) groups is 1. The van der Waals surface area contributed by atoms with E-state index < -0.39 is 0 Å². The van der Waals surface area contributed by atoms with Crippen LogP contribution in [0.15, 0.2) is 0 Å². The van der Waals surface area contributed by atoms with E-state index in [2.05, 4.69) is 19.2 Å². The number of hydrogen-bond acceptors (Lipinski definition) is 2. The van der Waals surface area contributed by atoms with Gasteiger partial charge in [-0.2, -0.15) is 0 Å². The molecule has 84 valence electrons. The largest absolute Gasteiger partial charge is 0.384 e. The Morgan fingerprint density at radius 1 is 1.43 bits per heavy atom. The van der Waals surface area contributed by atoms with Crippen LogP contribution < -0.4 is 5.32 Å². The van der Waals surface area contributed by atoms with Crippen molar-refractivity contribution in [3.05, 3.63) is 0 Å². The maximum atomic E-state index is 11.4. The molecule has 0 aliphatic rings. The molecular formula is C11H23NO2. The summed E-state index contributed by atoms with van der Waals surface area (Å²) in [4.78, 5) is 11.4. The molecule has 0 saturated carbocycles. The van der Waals surface area contributed by atoms with Crippen LogP contribution >= 0.6 is 0 Å². The number of methoxy groups -OCH3 is 1. The summed E-state index contributed by atoms with van der Waals surface area (Å²) in [5.41, 5.74) is 0.0153. The maximum absolute atomic E-state index is 11.4. The molecular weight excluding hydrogens is 178 g/mol. The van der Waals surface area contributed by atoms with Gasteiger partial charge in [0.15, 0.2) is 0 Å². The molecule has 0 aliphatic heterocycles. The van der Waals surface area contributed by atoms with Crippen LogP contribution in [0.3, 0.4) is 0 Å². The van der Waals surface area contributed by atoms with Gasteiger partial charge in [-0.15, -0.1) is 0 Å². The quantitative estimate of drug-likeness (QED) is 0.712. The fraction of sp³-hybridized carbons (Fsp3) is 0.909. The van der Waals surface area contributed by atoms with Crippen LogP contribution in [0.4, 0.5) is 0 Å². The lowest BCUT2D eigenvalue weighted by Crippen LogP contribution is -2.36. The highest BCUT2D eigenvalue weighted by Crippen LogP contribution is 2.13. The van der Waals surface area contributed by atoms with E-state index in [-0.39, 0.29) is 11.3 Å². The number of ether oxygens (including phenoxy) is 1. The van der Waals surface area contributed by atoms with Crippen molar-refractivity contribution in [2.75, 3.05) is 20.3 Å². The minimum Gasteiger partial charge on any atom is -0.384 e. The molecule has 0 unspecified atom stereocenters. The Kier molecular flexibility index (Phi) is 5.77. The summed E-state index contributed by atoms with van der Waals surface area (Å²) < 4.78 is 5.07. The van der Waals surface area contributed by atoms with Crippen LogP contribution in [0.1, 0.15) is 34.1 Å². The summed E-state index contributed by atoms with van der Waals surface area (Å²) in [6, 6.07) is 0. The molecule has 0 saturated heterocycles. The summed E-state index contributed by atoms with van der Waals surface area (Å²) in [6.07, 6.45) is 0.600. The van der Waals surface area contributed by atoms with Gasteiger partial charge < -0.3 is 10.1 Å². The van der Waals surface area contributed by atoms with E-state index in [0.29, 0.717) is 25.5 Å². The van der Waals surface area contributed by atoms with E-state index in [1.54, 1.807) is 7.11 Å². The van der Waals surface area contributed by atoms with Crippen LogP contribution in [-0.2, 0) is 9.53 Å². The van der Waals surface area contributed by atoms with Crippen LogP contribution in [0.5, 0.6) is 0 Å². The normalized spacial score (nSPS) is 11.9. The molecule has 0 spiro atoms. The predicted molar refractivity (Wildman–Crippen MR) is 58.1 cm³/mol. The second kappa shape index (κ2) is 6.02. The molecule has 14 heavy (non-hydrogen) atoms. The van der Waals surface area contributed by atoms with Gasteiger partial charge in [0.25, 0.3) is 0 Å². The van der Waals surface area contributed by atoms with Gasteiger partial charge >= 0.3 is 0 Å². The first kappa shape index (κ1) is 13.4. The van der Waals surface area contributed by atoms with Crippen molar-refractivity contribution < 1.29 is 9.53 Å². The highest BCUT2D eigenvalue weighted by atomic mass is 16.5. The molecule has 0 aromatic rings. The van der Waals surface area contributed by atoms with Crippen LogP contribution in [0.2, 0.25) is 0 Å². The molecule has 0 atom stereocenters. The van der Waals surface area contributed by atoms with Gasteiger partial charge in [0, 0.05) is 25.5 Å². The molecule has 0 fully saturated rings. The number of hydrogen-bond donors (Lipinski definition) is 1. The van der Waals surface area contributed by atoms with Gasteiger partial charge in [-0.05, 0) is 5.92 Å². The van der Waals surface area contributed by atoms with Crippen molar-refractivity contribution >= 4 is 5.91 Å². The van der Waals surface area contributed by atoms with Crippen molar-refractivity contribution in [1.29, 1.82) is 0 Å². The van der Waals surface area contributed by atoms with Crippen molar-refractivity contribution in [1.82, 2.24) is 5.32 Å². The van der Waals surface area contributed by atoms with Crippen molar-refractivity contribution in [3.63, 3.8) is 0 Å². The van der Waals surface area contributed by atoms with Gasteiger partial charge in [0.2, 0.25) is 5.91 Å². The van der Waals surface area contributed by atoms with Crippen LogP contribution in [-0.4, -0.2) is 26.2 Å². The molecule has 0 heterocycles. The molecule has 1 amide bonds. The first-order valence-corrected chi connectivity index (χ1v) is 5.13. The van der Waals surface area contributed by atoms with Gasteiger partial charge in [-0.3, -0.25) is 4.79 Å². The Balaban J connectivity index is 3.75. The van der Waals surface area contributed by atoms with E-state index in [9.17, 15) is 4.79 Å². The zero-order chi connectivity index (χ0) is 11.2. The molecule has 1 N–H and O–H groups in total. The molecule has 0 aliphatic carbocycles. The molecule has 3 nitrogen and oxygen atoms in total. The SMILES string of the molecule is COCC(C)(C)CNC(=O)CC(C)C. The first-order valence-electron chi connectivity index (χ1n) is 5.13. The van der Waals surface area contributed by atoms with E-state index in [1.807, 2.05) is 13.8 Å². The van der Waals surface area contributed by atoms with E-state index in [0.717, 1.165) is 0 Å². The van der Waals surface area contributed by atoms with Crippen molar-refractivity contribution in [3.8, 4) is 0 Å². The number of carbonyl (C=O) groups excluding carboxylic acids is 1.